The van der Waals surface area contributed by atoms with Gasteiger partial charge < -0.3 is 20.3 Å². The van der Waals surface area contributed by atoms with E-state index in [0.717, 1.165) is 38.5 Å². The number of hydrogen-bond acceptors (Lipinski definition) is 5. The van der Waals surface area contributed by atoms with Crippen molar-refractivity contribution in [3.63, 3.8) is 0 Å². The lowest BCUT2D eigenvalue weighted by Crippen LogP contribution is -2.46. The van der Waals surface area contributed by atoms with Gasteiger partial charge in [-0.3, -0.25) is 9.59 Å². The first-order chi connectivity index (χ1) is 27.0. The fourth-order valence-corrected chi connectivity index (χ4v) is 7.90. The van der Waals surface area contributed by atoms with E-state index < -0.39 is 18.2 Å². The van der Waals surface area contributed by atoms with Gasteiger partial charge in [-0.1, -0.05) is 239 Å². The molecular weight excluding hydrogens is 683 g/mol. The molecule has 0 rings (SSSR count). The minimum Gasteiger partial charge on any atom is -0.462 e. The predicted octanol–water partition coefficient (Wildman–Crippen LogP) is 14.4. The normalized spacial score (nSPS) is 13.2. The molecule has 3 unspecified atom stereocenters. The Balaban J connectivity index is 4.42. The van der Waals surface area contributed by atoms with Crippen molar-refractivity contribution in [2.75, 3.05) is 6.61 Å². The number of unbranched alkanes of at least 4 members (excludes halogenated alkanes) is 33. The minimum absolute atomic E-state index is 0.0867. The van der Waals surface area contributed by atoms with Gasteiger partial charge in [0.05, 0.1) is 25.2 Å². The van der Waals surface area contributed by atoms with Crippen LogP contribution in [0.2, 0.25) is 0 Å². The Morgan fingerprint density at radius 3 is 1.11 bits per heavy atom. The maximum absolute atomic E-state index is 13.1. The van der Waals surface area contributed by atoms with Gasteiger partial charge in [-0.05, 0) is 25.7 Å². The van der Waals surface area contributed by atoms with E-state index >= 15 is 0 Å². The van der Waals surface area contributed by atoms with Crippen LogP contribution in [0, 0.1) is 0 Å². The fraction of sp³-hybridized carbons (Fsp3) is 0.959. The Hall–Kier alpha value is -1.14. The first kappa shape index (κ1) is 53.9. The van der Waals surface area contributed by atoms with Crippen molar-refractivity contribution in [3.05, 3.63) is 0 Å². The highest BCUT2D eigenvalue weighted by Gasteiger charge is 2.24. The number of aliphatic hydroxyl groups is 2. The molecule has 1 amide bonds. The maximum Gasteiger partial charge on any atom is 0.306 e. The van der Waals surface area contributed by atoms with Crippen molar-refractivity contribution < 1.29 is 24.5 Å². The quantitative estimate of drug-likeness (QED) is 0.0422. The summed E-state index contributed by atoms with van der Waals surface area (Å²) < 4.78 is 5.91. The number of esters is 1. The summed E-state index contributed by atoms with van der Waals surface area (Å²) >= 11 is 0. The molecule has 55 heavy (non-hydrogen) atoms. The fourth-order valence-electron chi connectivity index (χ4n) is 7.90. The summed E-state index contributed by atoms with van der Waals surface area (Å²) in [5.74, 6) is -0.456. The van der Waals surface area contributed by atoms with Crippen LogP contribution in [-0.2, 0) is 14.3 Å². The number of nitrogens with one attached hydrogen (secondary N) is 1. The molecular formula is C49H97NO5. The smallest absolute Gasteiger partial charge is 0.306 e. The van der Waals surface area contributed by atoms with E-state index in [1.807, 2.05) is 0 Å². The number of rotatable bonds is 45. The van der Waals surface area contributed by atoms with E-state index in [0.29, 0.717) is 19.3 Å². The number of carbonyl (C=O) groups is 2. The molecule has 0 aliphatic heterocycles. The lowest BCUT2D eigenvalue weighted by molar-refractivity contribution is -0.151. The highest BCUT2D eigenvalue weighted by molar-refractivity contribution is 5.77. The van der Waals surface area contributed by atoms with Crippen LogP contribution in [0.25, 0.3) is 0 Å². The van der Waals surface area contributed by atoms with Crippen molar-refractivity contribution in [1.82, 2.24) is 5.32 Å². The second-order valence-corrected chi connectivity index (χ2v) is 17.2. The van der Waals surface area contributed by atoms with E-state index in [-0.39, 0.29) is 24.9 Å². The number of amides is 1. The zero-order valence-corrected chi connectivity index (χ0v) is 37.3. The first-order valence-corrected chi connectivity index (χ1v) is 24.8. The Labute approximate surface area is 343 Å². The summed E-state index contributed by atoms with van der Waals surface area (Å²) in [6.07, 6.45) is 45.9. The van der Waals surface area contributed by atoms with Gasteiger partial charge in [0, 0.05) is 6.42 Å². The lowest BCUT2D eigenvalue weighted by atomic mass is 10.0. The first-order valence-electron chi connectivity index (χ1n) is 24.8. The van der Waals surface area contributed by atoms with E-state index in [9.17, 15) is 19.8 Å². The molecule has 0 spiro atoms. The van der Waals surface area contributed by atoms with Gasteiger partial charge in [-0.15, -0.1) is 0 Å². The molecule has 0 saturated heterocycles. The Morgan fingerprint density at radius 2 is 0.764 bits per heavy atom. The summed E-state index contributed by atoms with van der Waals surface area (Å²) in [5, 5.41) is 23.7. The molecule has 0 aromatic carbocycles. The van der Waals surface area contributed by atoms with Crippen molar-refractivity contribution in [1.29, 1.82) is 0 Å². The third-order valence-corrected chi connectivity index (χ3v) is 11.7. The molecule has 0 aromatic heterocycles. The van der Waals surface area contributed by atoms with Crippen LogP contribution >= 0.6 is 0 Å². The number of aliphatic hydroxyl groups excluding tert-OH is 2. The number of ether oxygens (including phenoxy) is 1. The monoisotopic (exact) mass is 780 g/mol. The third kappa shape index (κ3) is 39.5. The van der Waals surface area contributed by atoms with Crippen LogP contribution in [0.5, 0.6) is 0 Å². The molecule has 0 aliphatic rings. The van der Waals surface area contributed by atoms with Gasteiger partial charge in [0.1, 0.15) is 6.10 Å². The van der Waals surface area contributed by atoms with Crippen LogP contribution in [-0.4, -0.2) is 46.9 Å². The molecule has 0 aliphatic carbocycles. The highest BCUT2D eigenvalue weighted by Crippen LogP contribution is 2.18. The van der Waals surface area contributed by atoms with Gasteiger partial charge in [-0.25, -0.2) is 0 Å². The molecule has 328 valence electrons. The van der Waals surface area contributed by atoms with E-state index in [1.54, 1.807) is 0 Å². The van der Waals surface area contributed by atoms with Gasteiger partial charge in [0.15, 0.2) is 0 Å². The predicted molar refractivity (Wildman–Crippen MR) is 237 cm³/mol. The van der Waals surface area contributed by atoms with Gasteiger partial charge in [0.2, 0.25) is 5.91 Å². The van der Waals surface area contributed by atoms with Crippen LogP contribution in [0.1, 0.15) is 278 Å². The molecule has 0 fully saturated rings. The molecule has 0 radical (unpaired) electrons. The van der Waals surface area contributed by atoms with Crippen LogP contribution < -0.4 is 5.32 Å². The van der Waals surface area contributed by atoms with Crippen molar-refractivity contribution in [2.24, 2.45) is 0 Å². The maximum atomic E-state index is 13.1. The second-order valence-electron chi connectivity index (χ2n) is 17.2. The van der Waals surface area contributed by atoms with E-state index in [2.05, 4.69) is 26.1 Å². The second kappa shape index (κ2) is 44.0. The largest absolute Gasteiger partial charge is 0.462 e. The third-order valence-electron chi connectivity index (χ3n) is 11.7. The average molecular weight is 780 g/mol. The van der Waals surface area contributed by atoms with Crippen LogP contribution in [0.3, 0.4) is 0 Å². The summed E-state index contributed by atoms with van der Waals surface area (Å²) in [7, 11) is 0. The topological polar surface area (TPSA) is 95.9 Å². The van der Waals surface area contributed by atoms with Crippen molar-refractivity contribution >= 4 is 11.9 Å². The Morgan fingerprint density at radius 1 is 0.455 bits per heavy atom. The average Bonchev–Trinajstić information content (AvgIpc) is 3.18. The zero-order chi connectivity index (χ0) is 40.3. The standard InChI is InChI=1S/C49H97NO5/c1-4-7-10-13-16-19-21-22-23-24-25-27-30-33-36-39-42-49(54)55-45(40-37-34-31-28-18-15-12-9-6-3)43-48(53)50-46(44-51)47(52)41-38-35-32-29-26-20-17-14-11-8-5-2/h45-47,51-52H,4-44H2,1-3H3,(H,50,53). The Bertz CT molecular complexity index is 791. The highest BCUT2D eigenvalue weighted by atomic mass is 16.5. The SMILES string of the molecule is CCCCCCCCCCCCCCCCCCC(=O)OC(CCCCCCCCCCC)CC(=O)NC(CO)C(O)CCCCCCCCCCCCC. The molecule has 3 N–H and O–H groups in total. The van der Waals surface area contributed by atoms with Crippen molar-refractivity contribution in [2.45, 2.75) is 296 Å². The molecule has 6 heteroatoms. The summed E-state index contributed by atoms with van der Waals surface area (Å²) in [4.78, 5) is 26.0. The molecule has 0 heterocycles. The molecule has 3 atom stereocenters. The van der Waals surface area contributed by atoms with Gasteiger partial charge in [-0.2, -0.15) is 0 Å². The molecule has 0 aromatic rings. The van der Waals surface area contributed by atoms with E-state index in [4.69, 9.17) is 4.74 Å². The van der Waals surface area contributed by atoms with Gasteiger partial charge >= 0.3 is 5.97 Å². The van der Waals surface area contributed by atoms with Gasteiger partial charge in [0.25, 0.3) is 0 Å². The van der Waals surface area contributed by atoms with Crippen molar-refractivity contribution in [3.8, 4) is 0 Å². The summed E-state index contributed by atoms with van der Waals surface area (Å²) in [6.45, 7) is 6.48. The molecule has 0 saturated carbocycles. The molecule has 0 bridgehead atoms. The zero-order valence-electron chi connectivity index (χ0n) is 37.3. The lowest BCUT2D eigenvalue weighted by Gasteiger charge is -2.24. The molecule has 6 nitrogen and oxygen atoms in total. The summed E-state index contributed by atoms with van der Waals surface area (Å²) in [6, 6.07) is -0.690. The van der Waals surface area contributed by atoms with Crippen LogP contribution in [0.15, 0.2) is 0 Å². The van der Waals surface area contributed by atoms with Crippen LogP contribution in [0.4, 0.5) is 0 Å². The van der Waals surface area contributed by atoms with E-state index in [1.165, 1.54) is 193 Å². The Kier molecular flexibility index (Phi) is 43.1. The summed E-state index contributed by atoms with van der Waals surface area (Å²) in [5.41, 5.74) is 0. The minimum atomic E-state index is -0.777. The number of carbonyl (C=O) groups excluding carboxylic acids is 2. The number of hydrogen-bond donors (Lipinski definition) is 3.